The van der Waals surface area contributed by atoms with Crippen LogP contribution in [-0.2, 0) is 16.0 Å². The van der Waals surface area contributed by atoms with E-state index in [4.69, 9.17) is 0 Å². The van der Waals surface area contributed by atoms with Gasteiger partial charge in [0.1, 0.15) is 12.1 Å². The molecule has 0 bridgehead atoms. The summed E-state index contributed by atoms with van der Waals surface area (Å²) in [4.78, 5) is 37.6. The van der Waals surface area contributed by atoms with Gasteiger partial charge in [0.15, 0.2) is 0 Å². The van der Waals surface area contributed by atoms with Crippen LogP contribution in [0.1, 0.15) is 25.8 Å². The molecule has 0 aliphatic carbocycles. The van der Waals surface area contributed by atoms with Gasteiger partial charge in [0, 0.05) is 6.42 Å². The second-order valence-corrected chi connectivity index (χ2v) is 6.76. The molecule has 1 heterocycles. The number of carbonyl (C=O) groups excluding carboxylic acids is 2. The standard InChI is InChI=1S/C20H22N2O4/c1-3-12(2)17-18(23)22(20(26)21-17)16(19(24)25)11-13-8-9-14-6-4-5-7-15(14)10-13/h4-10,12,16-17H,3,11H2,1-2H3,(H,21,26)(H,24,25)/t12?,16-,17-/m0/s1. The molecule has 0 saturated carbocycles. The molecule has 1 fully saturated rings. The average Bonchev–Trinajstić information content (AvgIpc) is 2.93. The predicted molar refractivity (Wildman–Crippen MR) is 97.7 cm³/mol. The van der Waals surface area contributed by atoms with E-state index in [0.29, 0.717) is 6.42 Å². The van der Waals surface area contributed by atoms with Crippen molar-refractivity contribution in [1.82, 2.24) is 10.2 Å². The lowest BCUT2D eigenvalue weighted by Gasteiger charge is -2.22. The van der Waals surface area contributed by atoms with Crippen molar-refractivity contribution in [2.75, 3.05) is 0 Å². The third-order valence-electron chi connectivity index (χ3n) is 5.05. The number of hydrogen-bond donors (Lipinski definition) is 2. The lowest BCUT2D eigenvalue weighted by molar-refractivity contribution is -0.147. The fraction of sp³-hybridized carbons (Fsp3) is 0.350. The van der Waals surface area contributed by atoms with Gasteiger partial charge in [0.2, 0.25) is 0 Å². The Morgan fingerprint density at radius 1 is 1.19 bits per heavy atom. The quantitative estimate of drug-likeness (QED) is 0.781. The van der Waals surface area contributed by atoms with E-state index < -0.39 is 30.0 Å². The van der Waals surface area contributed by atoms with Crippen LogP contribution in [0.5, 0.6) is 0 Å². The van der Waals surface area contributed by atoms with Crippen molar-refractivity contribution in [2.45, 2.75) is 38.8 Å². The van der Waals surface area contributed by atoms with Crippen LogP contribution < -0.4 is 5.32 Å². The zero-order valence-electron chi connectivity index (χ0n) is 14.8. The number of rotatable bonds is 6. The first-order valence-electron chi connectivity index (χ1n) is 8.76. The van der Waals surface area contributed by atoms with E-state index in [0.717, 1.165) is 21.2 Å². The van der Waals surface area contributed by atoms with Crippen molar-refractivity contribution in [3.8, 4) is 0 Å². The van der Waals surface area contributed by atoms with E-state index in [1.807, 2.05) is 56.3 Å². The highest BCUT2D eigenvalue weighted by molar-refractivity contribution is 6.07. The maximum Gasteiger partial charge on any atom is 0.327 e. The molecule has 0 radical (unpaired) electrons. The van der Waals surface area contributed by atoms with Gasteiger partial charge in [-0.2, -0.15) is 0 Å². The highest BCUT2D eigenvalue weighted by Crippen LogP contribution is 2.22. The Kier molecular flexibility index (Phi) is 4.93. The van der Waals surface area contributed by atoms with Gasteiger partial charge in [-0.15, -0.1) is 0 Å². The van der Waals surface area contributed by atoms with Gasteiger partial charge in [-0.1, -0.05) is 62.7 Å². The molecule has 0 aromatic heterocycles. The third-order valence-corrected chi connectivity index (χ3v) is 5.05. The molecule has 0 spiro atoms. The van der Waals surface area contributed by atoms with Crippen LogP contribution >= 0.6 is 0 Å². The van der Waals surface area contributed by atoms with Gasteiger partial charge < -0.3 is 10.4 Å². The zero-order chi connectivity index (χ0) is 18.8. The van der Waals surface area contributed by atoms with Crippen LogP contribution in [0.4, 0.5) is 4.79 Å². The van der Waals surface area contributed by atoms with Crippen LogP contribution in [0.15, 0.2) is 42.5 Å². The second-order valence-electron chi connectivity index (χ2n) is 6.76. The summed E-state index contributed by atoms with van der Waals surface area (Å²) in [6.07, 6.45) is 0.791. The van der Waals surface area contributed by atoms with Crippen molar-refractivity contribution in [2.24, 2.45) is 5.92 Å². The Labute approximate surface area is 151 Å². The molecule has 1 aliphatic rings. The maximum atomic E-state index is 12.6. The number of carboxylic acid groups (broad SMARTS) is 1. The van der Waals surface area contributed by atoms with Crippen molar-refractivity contribution in [3.05, 3.63) is 48.0 Å². The minimum atomic E-state index is -1.22. The molecule has 3 amide bonds. The zero-order valence-corrected chi connectivity index (χ0v) is 14.8. The van der Waals surface area contributed by atoms with Gasteiger partial charge in [0.05, 0.1) is 0 Å². The van der Waals surface area contributed by atoms with Crippen molar-refractivity contribution >= 4 is 28.7 Å². The molecule has 2 N–H and O–H groups in total. The number of carbonyl (C=O) groups is 3. The summed E-state index contributed by atoms with van der Waals surface area (Å²) in [5.41, 5.74) is 0.767. The lowest BCUT2D eigenvalue weighted by atomic mass is 9.98. The molecule has 3 rings (SSSR count). The third kappa shape index (κ3) is 3.27. The van der Waals surface area contributed by atoms with Crippen LogP contribution in [0.3, 0.4) is 0 Å². The summed E-state index contributed by atoms with van der Waals surface area (Å²) in [5.74, 6) is -1.70. The molecule has 2 aromatic rings. The Balaban J connectivity index is 1.88. The van der Waals surface area contributed by atoms with E-state index in [1.165, 1.54) is 0 Å². The van der Waals surface area contributed by atoms with Gasteiger partial charge >= 0.3 is 12.0 Å². The van der Waals surface area contributed by atoms with Crippen LogP contribution in [0.2, 0.25) is 0 Å². The molecule has 1 saturated heterocycles. The monoisotopic (exact) mass is 354 g/mol. The van der Waals surface area contributed by atoms with Crippen molar-refractivity contribution < 1.29 is 19.5 Å². The minimum absolute atomic E-state index is 0.0495. The fourth-order valence-corrected chi connectivity index (χ4v) is 3.31. The first-order valence-corrected chi connectivity index (χ1v) is 8.76. The topological polar surface area (TPSA) is 86.7 Å². The van der Waals surface area contributed by atoms with E-state index >= 15 is 0 Å². The molecule has 1 unspecified atom stereocenters. The smallest absolute Gasteiger partial charge is 0.327 e. The van der Waals surface area contributed by atoms with Gasteiger partial charge in [-0.25, -0.2) is 14.5 Å². The van der Waals surface area contributed by atoms with E-state index in [1.54, 1.807) is 0 Å². The van der Waals surface area contributed by atoms with Gasteiger partial charge in [-0.05, 0) is 22.3 Å². The number of benzene rings is 2. The summed E-state index contributed by atoms with van der Waals surface area (Å²) in [6.45, 7) is 3.79. The molecule has 136 valence electrons. The largest absolute Gasteiger partial charge is 0.480 e. The highest BCUT2D eigenvalue weighted by atomic mass is 16.4. The number of urea groups is 1. The molecule has 26 heavy (non-hydrogen) atoms. The molecule has 2 aromatic carbocycles. The first kappa shape index (κ1) is 17.9. The number of carboxylic acids is 1. The molecule has 6 nitrogen and oxygen atoms in total. The normalized spacial score (nSPS) is 19.5. The molecule has 1 aliphatic heterocycles. The van der Waals surface area contributed by atoms with Crippen LogP contribution in [-0.4, -0.2) is 40.0 Å². The predicted octanol–water partition coefficient (Wildman–Crippen LogP) is 2.80. The molecular formula is C20H22N2O4. The summed E-state index contributed by atoms with van der Waals surface area (Å²) in [7, 11) is 0. The molecule has 6 heteroatoms. The number of aliphatic carboxylic acids is 1. The summed E-state index contributed by atoms with van der Waals surface area (Å²) >= 11 is 0. The van der Waals surface area contributed by atoms with Crippen molar-refractivity contribution in [1.29, 1.82) is 0 Å². The minimum Gasteiger partial charge on any atom is -0.480 e. The Morgan fingerprint density at radius 3 is 2.54 bits per heavy atom. The Bertz CT molecular complexity index is 864. The van der Waals surface area contributed by atoms with Crippen LogP contribution in [0.25, 0.3) is 10.8 Å². The molecule has 3 atom stereocenters. The Morgan fingerprint density at radius 2 is 1.88 bits per heavy atom. The SMILES string of the molecule is CCC(C)[C@@H]1NC(=O)N([C@@H](Cc2ccc3ccccc3c2)C(=O)O)C1=O. The second kappa shape index (κ2) is 7.15. The lowest BCUT2D eigenvalue weighted by Crippen LogP contribution is -2.47. The highest BCUT2D eigenvalue weighted by Gasteiger charge is 2.46. The number of nitrogens with zero attached hydrogens (tertiary/aromatic N) is 1. The van der Waals surface area contributed by atoms with E-state index in [2.05, 4.69) is 5.32 Å². The molecular weight excluding hydrogens is 332 g/mol. The Hall–Kier alpha value is -2.89. The maximum absolute atomic E-state index is 12.6. The number of nitrogens with one attached hydrogen (secondary N) is 1. The summed E-state index contributed by atoms with van der Waals surface area (Å²) < 4.78 is 0. The average molecular weight is 354 g/mol. The fourth-order valence-electron chi connectivity index (χ4n) is 3.31. The summed E-state index contributed by atoms with van der Waals surface area (Å²) in [5, 5.41) is 14.3. The number of amides is 3. The number of hydrogen-bond acceptors (Lipinski definition) is 3. The summed E-state index contributed by atoms with van der Waals surface area (Å²) in [6, 6.07) is 10.9. The van der Waals surface area contributed by atoms with Crippen molar-refractivity contribution in [3.63, 3.8) is 0 Å². The van der Waals surface area contributed by atoms with Gasteiger partial charge in [0.25, 0.3) is 5.91 Å². The first-order chi connectivity index (χ1) is 12.4. The van der Waals surface area contributed by atoms with E-state index in [9.17, 15) is 19.5 Å². The van der Waals surface area contributed by atoms with Gasteiger partial charge in [-0.3, -0.25) is 4.79 Å². The van der Waals surface area contributed by atoms with Crippen LogP contribution in [0, 0.1) is 5.92 Å². The van der Waals surface area contributed by atoms with E-state index in [-0.39, 0.29) is 12.3 Å². The number of imide groups is 1. The number of fused-ring (bicyclic) bond motifs is 1.